The van der Waals surface area contributed by atoms with E-state index in [2.05, 4.69) is 26.7 Å². The van der Waals surface area contributed by atoms with Gasteiger partial charge in [0.05, 0.1) is 0 Å². The molecule has 0 rings (SSSR count). The van der Waals surface area contributed by atoms with E-state index < -0.39 is 0 Å². The zero-order valence-electron chi connectivity index (χ0n) is 6.08. The van der Waals surface area contributed by atoms with Gasteiger partial charge in [-0.2, -0.15) is 0 Å². The molecule has 8 heavy (non-hydrogen) atoms. The Labute approximate surface area is 52.3 Å². The molecule has 0 N–H and O–H groups in total. The lowest BCUT2D eigenvalue weighted by molar-refractivity contribution is 0.324. The maximum atomic E-state index is 6.81. The summed E-state index contributed by atoms with van der Waals surface area (Å²) in [6, 6.07) is 0. The SMILES string of the molecule is [C]#CC(C)C(C)(C)C. The van der Waals surface area contributed by atoms with Crippen molar-refractivity contribution in [2.75, 3.05) is 0 Å². The Morgan fingerprint density at radius 2 is 1.75 bits per heavy atom. The molecule has 0 nitrogen and oxygen atoms in total. The standard InChI is InChI=1S/C8H13/c1-6-7(2)8(3,4)5/h7H,2-5H3. The molecule has 0 aromatic heterocycles. The molecule has 0 aliphatic carbocycles. The van der Waals surface area contributed by atoms with Gasteiger partial charge in [0.15, 0.2) is 0 Å². The van der Waals surface area contributed by atoms with E-state index in [0.717, 1.165) is 0 Å². The molecular formula is C8H13. The third-order valence-corrected chi connectivity index (χ3v) is 1.52. The smallest absolute Gasteiger partial charge is 0.0233 e. The van der Waals surface area contributed by atoms with Crippen LogP contribution < -0.4 is 0 Å². The van der Waals surface area contributed by atoms with E-state index in [1.54, 1.807) is 0 Å². The lowest BCUT2D eigenvalue weighted by atomic mass is 9.83. The number of hydrogen-bond donors (Lipinski definition) is 0. The van der Waals surface area contributed by atoms with Gasteiger partial charge >= 0.3 is 0 Å². The predicted molar refractivity (Wildman–Crippen MR) is 35.7 cm³/mol. The Balaban J connectivity index is 3.87. The molecule has 0 saturated heterocycles. The van der Waals surface area contributed by atoms with Crippen LogP contribution in [0.1, 0.15) is 27.7 Å². The molecule has 45 valence electrons. The molecule has 0 aliphatic rings. The maximum absolute atomic E-state index is 6.81. The van der Waals surface area contributed by atoms with Gasteiger partial charge < -0.3 is 0 Å². The molecule has 1 unspecified atom stereocenters. The molecule has 0 saturated carbocycles. The fourth-order valence-electron chi connectivity index (χ4n) is 0.217. The van der Waals surface area contributed by atoms with Gasteiger partial charge in [-0.25, -0.2) is 0 Å². The average molecular weight is 109 g/mol. The van der Waals surface area contributed by atoms with Gasteiger partial charge in [-0.3, -0.25) is 0 Å². The Hall–Kier alpha value is -0.440. The van der Waals surface area contributed by atoms with Crippen LogP contribution in [0.25, 0.3) is 0 Å². The minimum atomic E-state index is 0.210. The van der Waals surface area contributed by atoms with E-state index >= 15 is 0 Å². The topological polar surface area (TPSA) is 0 Å². The highest BCUT2D eigenvalue weighted by Crippen LogP contribution is 2.23. The molecule has 0 fully saturated rings. The normalized spacial score (nSPS) is 14.9. The van der Waals surface area contributed by atoms with E-state index in [1.807, 2.05) is 6.92 Å². The zero-order chi connectivity index (χ0) is 6.78. The van der Waals surface area contributed by atoms with Crippen LogP contribution in [0, 0.1) is 23.7 Å². The summed E-state index contributed by atoms with van der Waals surface area (Å²) in [4.78, 5) is 0. The summed E-state index contributed by atoms with van der Waals surface area (Å²) in [6.45, 7) is 8.34. The van der Waals surface area contributed by atoms with Gasteiger partial charge in [0, 0.05) is 5.92 Å². The van der Waals surface area contributed by atoms with Crippen LogP contribution in [0.2, 0.25) is 0 Å². The first kappa shape index (κ1) is 7.56. The Morgan fingerprint density at radius 1 is 1.38 bits per heavy atom. The van der Waals surface area contributed by atoms with Gasteiger partial charge in [-0.15, -0.1) is 0 Å². The summed E-state index contributed by atoms with van der Waals surface area (Å²) < 4.78 is 0. The molecule has 0 amide bonds. The Morgan fingerprint density at radius 3 is 1.75 bits per heavy atom. The van der Waals surface area contributed by atoms with Crippen molar-refractivity contribution in [3.8, 4) is 5.92 Å². The number of hydrogen-bond acceptors (Lipinski definition) is 0. The fraction of sp³-hybridized carbons (Fsp3) is 0.750. The molecule has 0 heteroatoms. The highest BCUT2D eigenvalue weighted by Gasteiger charge is 2.16. The summed E-state index contributed by atoms with van der Waals surface area (Å²) in [5.41, 5.74) is 0.210. The van der Waals surface area contributed by atoms with Crippen molar-refractivity contribution >= 4 is 0 Å². The van der Waals surface area contributed by atoms with E-state index in [0.29, 0.717) is 0 Å². The maximum Gasteiger partial charge on any atom is 0.0233 e. The van der Waals surface area contributed by atoms with E-state index in [4.69, 9.17) is 6.42 Å². The molecule has 1 radical (unpaired) electrons. The van der Waals surface area contributed by atoms with Gasteiger partial charge in [0.2, 0.25) is 0 Å². The molecule has 0 heterocycles. The summed E-state index contributed by atoms with van der Waals surface area (Å²) in [5, 5.41) is 0. The fourth-order valence-corrected chi connectivity index (χ4v) is 0.217. The van der Waals surface area contributed by atoms with Gasteiger partial charge in [0.1, 0.15) is 0 Å². The second kappa shape index (κ2) is 2.22. The predicted octanol–water partition coefficient (Wildman–Crippen LogP) is 2.26. The molecular weight excluding hydrogens is 96.1 g/mol. The Bertz CT molecular complexity index is 98.2. The average Bonchev–Trinajstić information content (AvgIpc) is 1.62. The summed E-state index contributed by atoms with van der Waals surface area (Å²) in [7, 11) is 0. The summed E-state index contributed by atoms with van der Waals surface area (Å²) in [6.07, 6.45) is 6.81. The van der Waals surface area contributed by atoms with Gasteiger partial charge in [-0.05, 0) is 11.8 Å². The van der Waals surface area contributed by atoms with Crippen LogP contribution in [0.15, 0.2) is 0 Å². The van der Waals surface area contributed by atoms with Gasteiger partial charge in [-0.1, -0.05) is 33.6 Å². The first-order valence-corrected chi connectivity index (χ1v) is 2.90. The quantitative estimate of drug-likeness (QED) is 0.418. The van der Waals surface area contributed by atoms with Crippen molar-refractivity contribution < 1.29 is 0 Å². The van der Waals surface area contributed by atoms with E-state index in [-0.39, 0.29) is 11.3 Å². The van der Waals surface area contributed by atoms with Gasteiger partial charge in [0.25, 0.3) is 0 Å². The lowest BCUT2D eigenvalue weighted by Gasteiger charge is -2.21. The number of rotatable bonds is 0. The van der Waals surface area contributed by atoms with Crippen LogP contribution in [-0.2, 0) is 0 Å². The van der Waals surface area contributed by atoms with Crippen molar-refractivity contribution in [2.24, 2.45) is 11.3 Å². The molecule has 0 aromatic carbocycles. The van der Waals surface area contributed by atoms with Crippen molar-refractivity contribution in [3.05, 3.63) is 6.42 Å². The highest BCUT2D eigenvalue weighted by molar-refractivity contribution is 4.90. The first-order valence-electron chi connectivity index (χ1n) is 2.90. The molecule has 1 atom stereocenters. The second-order valence-electron chi connectivity index (χ2n) is 3.23. The van der Waals surface area contributed by atoms with Crippen LogP contribution in [0.5, 0.6) is 0 Å². The lowest BCUT2D eigenvalue weighted by Crippen LogP contribution is -2.14. The van der Waals surface area contributed by atoms with Crippen LogP contribution in [0.4, 0.5) is 0 Å². The second-order valence-corrected chi connectivity index (χ2v) is 3.23. The summed E-state index contributed by atoms with van der Waals surface area (Å²) in [5.74, 6) is 2.72. The third-order valence-electron chi connectivity index (χ3n) is 1.52. The molecule has 0 aromatic rings. The third kappa shape index (κ3) is 2.02. The largest absolute Gasteiger partial charge is 0.0854 e. The highest BCUT2D eigenvalue weighted by atomic mass is 14.2. The van der Waals surface area contributed by atoms with Crippen LogP contribution >= 0.6 is 0 Å². The van der Waals surface area contributed by atoms with Crippen molar-refractivity contribution in [1.82, 2.24) is 0 Å². The minimum Gasteiger partial charge on any atom is -0.0854 e. The van der Waals surface area contributed by atoms with Crippen LogP contribution in [-0.4, -0.2) is 0 Å². The molecule has 0 spiro atoms. The zero-order valence-corrected chi connectivity index (χ0v) is 6.08. The Kier molecular flexibility index (Phi) is 2.10. The van der Waals surface area contributed by atoms with E-state index in [9.17, 15) is 0 Å². The monoisotopic (exact) mass is 109 g/mol. The van der Waals surface area contributed by atoms with Crippen molar-refractivity contribution in [3.63, 3.8) is 0 Å². The van der Waals surface area contributed by atoms with E-state index in [1.165, 1.54) is 0 Å². The summed E-state index contributed by atoms with van der Waals surface area (Å²) >= 11 is 0. The van der Waals surface area contributed by atoms with Crippen molar-refractivity contribution in [2.45, 2.75) is 27.7 Å². The molecule has 0 aliphatic heterocycles. The first-order chi connectivity index (χ1) is 3.48. The molecule has 0 bridgehead atoms. The van der Waals surface area contributed by atoms with Crippen LogP contribution in [0.3, 0.4) is 0 Å². The minimum absolute atomic E-state index is 0.210. The van der Waals surface area contributed by atoms with Crippen molar-refractivity contribution in [1.29, 1.82) is 0 Å².